The number of benzene rings is 4. The molecule has 0 bridgehead atoms. The Bertz CT molecular complexity index is 2170. The van der Waals surface area contributed by atoms with Crippen molar-refractivity contribution in [2.45, 2.75) is 26.5 Å². The van der Waals surface area contributed by atoms with Crippen LogP contribution >= 0.6 is 0 Å². The molecule has 0 saturated carbocycles. The zero-order chi connectivity index (χ0) is 33.2. The van der Waals surface area contributed by atoms with E-state index in [9.17, 15) is 5.26 Å². The molecule has 39 heavy (non-hydrogen) atoms. The van der Waals surface area contributed by atoms with E-state index in [0.29, 0.717) is 11.3 Å². The van der Waals surface area contributed by atoms with Gasteiger partial charge in [-0.2, -0.15) is 0 Å². The van der Waals surface area contributed by atoms with Crippen molar-refractivity contribution in [3.05, 3.63) is 114 Å². The monoisotopic (exact) mass is 582 g/mol. The average molecular weight is 582 g/mol. The number of pyridine rings is 1. The van der Waals surface area contributed by atoms with Crippen molar-refractivity contribution < 1.29 is 18.6 Å². The minimum absolute atomic E-state index is 0.301. The number of nitrogens with zero attached hydrogens (tertiary/aromatic N) is 2. The van der Waals surface area contributed by atoms with Gasteiger partial charge in [0.05, 0.1) is 0 Å². The summed E-state index contributed by atoms with van der Waals surface area (Å²) in [4.78, 5) is 0. The Labute approximate surface area is 244 Å². The summed E-state index contributed by atoms with van der Waals surface area (Å²) in [6.45, 7) is -4.71. The van der Waals surface area contributed by atoms with E-state index in [1.807, 2.05) is 85.8 Å². The summed E-state index contributed by atoms with van der Waals surface area (Å²) in [5, 5.41) is 12.1. The van der Waals surface area contributed by atoms with Crippen LogP contribution in [0.2, 0.25) is 0 Å². The van der Waals surface area contributed by atoms with Crippen LogP contribution < -0.4 is 4.57 Å². The first kappa shape index (κ1) is 18.3. The molecule has 0 unspecified atom stereocenters. The third-order valence-corrected chi connectivity index (χ3v) is 9.80. The first-order chi connectivity index (χ1) is 21.7. The topological polar surface area (TPSA) is 27.7 Å². The van der Waals surface area contributed by atoms with Gasteiger partial charge in [0, 0.05) is 0 Å². The molecule has 4 aromatic carbocycles. The molecule has 2 heterocycles. The molecular formula is C35H28FN2Se+. The van der Waals surface area contributed by atoms with E-state index in [2.05, 4.69) is 6.07 Å². The molecule has 190 valence electrons. The molecule has 2 nitrogen and oxygen atoms in total. The Morgan fingerprint density at radius 3 is 2.21 bits per heavy atom. The van der Waals surface area contributed by atoms with Crippen LogP contribution in [0.4, 0.5) is 4.39 Å². The van der Waals surface area contributed by atoms with Crippen LogP contribution in [0.3, 0.4) is 0 Å². The van der Waals surface area contributed by atoms with Gasteiger partial charge in [-0.15, -0.1) is 0 Å². The normalized spacial score (nSPS) is 15.0. The second-order valence-corrected chi connectivity index (χ2v) is 11.7. The maximum atomic E-state index is 15.9. The molecule has 0 spiro atoms. The summed E-state index contributed by atoms with van der Waals surface area (Å²) in [5.74, 6) is -4.23. The standard InChI is InChI=1S/C35H28FN2Se/c1-21(2)29-20-38(4)31(18-30(29)36)32-22(3)10-16-27-28-17-15-26(19-37)33(35(28)39-34(27)32)25-13-11-24(12-14-25)23-8-6-5-7-9-23/h5-18,20-21H,1-4H3/q+1/i1D3,2D3,21D. The van der Waals surface area contributed by atoms with Gasteiger partial charge in [0.15, 0.2) is 0 Å². The Hall–Kier alpha value is -4.03. The third-order valence-electron chi connectivity index (χ3n) is 7.17. The van der Waals surface area contributed by atoms with Crippen LogP contribution in [-0.2, 0) is 7.05 Å². The van der Waals surface area contributed by atoms with Gasteiger partial charge in [0.1, 0.15) is 0 Å². The molecule has 6 aromatic rings. The second-order valence-electron chi connectivity index (χ2n) is 9.56. The molecule has 0 fully saturated rings. The number of hydrogen-bond acceptors (Lipinski definition) is 1. The third kappa shape index (κ3) is 4.29. The van der Waals surface area contributed by atoms with Gasteiger partial charge in [-0.3, -0.25) is 0 Å². The van der Waals surface area contributed by atoms with Crippen LogP contribution in [0, 0.1) is 24.1 Å². The zero-order valence-electron chi connectivity index (χ0n) is 28.3. The molecule has 0 aliphatic rings. The van der Waals surface area contributed by atoms with Crippen molar-refractivity contribution in [2.75, 3.05) is 0 Å². The summed E-state index contributed by atoms with van der Waals surface area (Å²) in [7, 11) is 1.60. The number of aryl methyl sites for hydroxylation is 2. The molecule has 0 aliphatic carbocycles. The molecular weight excluding hydrogens is 546 g/mol. The molecule has 2 aromatic heterocycles. The molecule has 4 heteroatoms. The second kappa shape index (κ2) is 9.93. The fourth-order valence-corrected chi connectivity index (χ4v) is 8.32. The van der Waals surface area contributed by atoms with Crippen molar-refractivity contribution >= 4 is 33.8 Å². The predicted octanol–water partition coefficient (Wildman–Crippen LogP) is 8.32. The van der Waals surface area contributed by atoms with E-state index in [0.717, 1.165) is 64.9 Å². The Balaban J connectivity index is 1.57. The summed E-state index contributed by atoms with van der Waals surface area (Å²) >= 11 is -0.301. The van der Waals surface area contributed by atoms with E-state index in [1.165, 1.54) is 4.57 Å². The minimum atomic E-state index is -3.31. The van der Waals surface area contributed by atoms with E-state index in [1.54, 1.807) is 7.05 Å². The van der Waals surface area contributed by atoms with Crippen LogP contribution in [-0.4, -0.2) is 14.5 Å². The summed E-state index contributed by atoms with van der Waals surface area (Å²) in [5.41, 5.74) is 5.82. The van der Waals surface area contributed by atoms with Crippen molar-refractivity contribution in [2.24, 2.45) is 7.05 Å². The van der Waals surface area contributed by atoms with Gasteiger partial charge < -0.3 is 0 Å². The summed E-state index contributed by atoms with van der Waals surface area (Å²) in [6.07, 6.45) is 1.12. The Morgan fingerprint density at radius 2 is 1.51 bits per heavy atom. The SMILES string of the molecule is [2H]C([2H])([2H])C([2H])(c1c[n+](C)c(-c2c(C)ccc3c2[se]c2c(-c4ccc(-c5ccccc5)cc4)c(C#N)ccc23)cc1F)C([2H])([2H])[2H]. The molecule has 0 saturated heterocycles. The van der Waals surface area contributed by atoms with E-state index in [-0.39, 0.29) is 14.5 Å². The van der Waals surface area contributed by atoms with Crippen molar-refractivity contribution in [1.29, 1.82) is 5.26 Å². The van der Waals surface area contributed by atoms with Crippen molar-refractivity contribution in [1.82, 2.24) is 0 Å². The van der Waals surface area contributed by atoms with Crippen LogP contribution in [0.15, 0.2) is 91.1 Å². The number of halogens is 1. The first-order valence-corrected chi connectivity index (χ1v) is 14.1. The van der Waals surface area contributed by atoms with Crippen LogP contribution in [0.25, 0.3) is 52.8 Å². The molecule has 0 atom stereocenters. The predicted molar refractivity (Wildman–Crippen MR) is 159 cm³/mol. The van der Waals surface area contributed by atoms with Gasteiger partial charge in [-0.25, -0.2) is 0 Å². The number of fused-ring (bicyclic) bond motifs is 3. The average Bonchev–Trinajstić information content (AvgIpc) is 3.39. The first-order valence-electron chi connectivity index (χ1n) is 15.9. The molecule has 0 amide bonds. The van der Waals surface area contributed by atoms with Gasteiger partial charge in [0.25, 0.3) is 0 Å². The number of hydrogen-bond donors (Lipinski definition) is 0. The molecule has 0 radical (unpaired) electrons. The van der Waals surface area contributed by atoms with E-state index >= 15 is 4.39 Å². The van der Waals surface area contributed by atoms with E-state index in [4.69, 9.17) is 9.60 Å². The number of rotatable bonds is 4. The maximum absolute atomic E-state index is 15.9. The molecule has 6 rings (SSSR count). The van der Waals surface area contributed by atoms with Crippen molar-refractivity contribution in [3.63, 3.8) is 0 Å². The number of nitriles is 1. The van der Waals surface area contributed by atoms with Crippen LogP contribution in [0.1, 0.15) is 45.9 Å². The summed E-state index contributed by atoms with van der Waals surface area (Å²) in [6, 6.07) is 29.4. The van der Waals surface area contributed by atoms with E-state index < -0.39 is 31.0 Å². The van der Waals surface area contributed by atoms with Gasteiger partial charge in [-0.05, 0) is 0 Å². The zero-order valence-corrected chi connectivity index (χ0v) is 23.1. The molecule has 0 aliphatic heterocycles. The Morgan fingerprint density at radius 1 is 0.872 bits per heavy atom. The fraction of sp³-hybridized carbons (Fsp3) is 0.143. The van der Waals surface area contributed by atoms with Gasteiger partial charge in [0.2, 0.25) is 0 Å². The van der Waals surface area contributed by atoms with Crippen molar-refractivity contribution in [3.8, 4) is 39.6 Å². The molecule has 0 N–H and O–H groups in total. The quantitative estimate of drug-likeness (QED) is 0.152. The number of aromatic nitrogens is 1. The Kier molecular flexibility index (Phi) is 4.66. The summed E-state index contributed by atoms with van der Waals surface area (Å²) < 4.78 is 75.0. The van der Waals surface area contributed by atoms with Gasteiger partial charge >= 0.3 is 244 Å². The van der Waals surface area contributed by atoms with Gasteiger partial charge in [-0.1, -0.05) is 0 Å². The fourth-order valence-electron chi connectivity index (χ4n) is 5.22. The van der Waals surface area contributed by atoms with Crippen LogP contribution in [0.5, 0.6) is 0 Å².